The van der Waals surface area contributed by atoms with Crippen molar-refractivity contribution < 1.29 is 4.74 Å². The SMILES string of the molecule is COCCC(C)=C1CCNCC1. The second-order valence-corrected chi connectivity index (χ2v) is 3.38. The summed E-state index contributed by atoms with van der Waals surface area (Å²) in [6.45, 7) is 5.40. The molecule has 1 aliphatic heterocycles. The minimum Gasteiger partial charge on any atom is -0.384 e. The van der Waals surface area contributed by atoms with E-state index in [1.165, 1.54) is 12.8 Å². The Morgan fingerprint density at radius 3 is 2.67 bits per heavy atom. The molecular weight excluding hydrogens is 150 g/mol. The summed E-state index contributed by atoms with van der Waals surface area (Å²) >= 11 is 0. The third kappa shape index (κ3) is 2.95. The van der Waals surface area contributed by atoms with Crippen LogP contribution in [0.25, 0.3) is 0 Å². The van der Waals surface area contributed by atoms with E-state index in [4.69, 9.17) is 4.74 Å². The van der Waals surface area contributed by atoms with E-state index < -0.39 is 0 Å². The van der Waals surface area contributed by atoms with Crippen LogP contribution in [0.2, 0.25) is 0 Å². The normalized spacial score (nSPS) is 18.0. The van der Waals surface area contributed by atoms with Crippen molar-refractivity contribution >= 4 is 0 Å². The zero-order valence-electron chi connectivity index (χ0n) is 8.15. The molecule has 1 aliphatic rings. The van der Waals surface area contributed by atoms with Gasteiger partial charge in [0.05, 0.1) is 0 Å². The summed E-state index contributed by atoms with van der Waals surface area (Å²) in [5.41, 5.74) is 3.18. The Kier molecular flexibility index (Phi) is 4.33. The molecule has 0 atom stereocenters. The zero-order chi connectivity index (χ0) is 8.81. The Hall–Kier alpha value is -0.340. The van der Waals surface area contributed by atoms with Crippen molar-refractivity contribution in [1.82, 2.24) is 5.32 Å². The Morgan fingerprint density at radius 1 is 1.42 bits per heavy atom. The second-order valence-electron chi connectivity index (χ2n) is 3.38. The quantitative estimate of drug-likeness (QED) is 0.650. The zero-order valence-corrected chi connectivity index (χ0v) is 8.15. The summed E-state index contributed by atoms with van der Waals surface area (Å²) in [6, 6.07) is 0. The predicted molar refractivity (Wildman–Crippen MR) is 51.3 cm³/mol. The van der Waals surface area contributed by atoms with Gasteiger partial charge in [0.1, 0.15) is 0 Å². The molecule has 1 heterocycles. The van der Waals surface area contributed by atoms with Crippen molar-refractivity contribution in [3.63, 3.8) is 0 Å². The molecule has 1 saturated heterocycles. The lowest BCUT2D eigenvalue weighted by Crippen LogP contribution is -2.23. The van der Waals surface area contributed by atoms with Crippen molar-refractivity contribution in [2.24, 2.45) is 0 Å². The van der Waals surface area contributed by atoms with Gasteiger partial charge in [0, 0.05) is 13.7 Å². The molecule has 1 rings (SSSR count). The molecule has 1 N–H and O–H groups in total. The second kappa shape index (κ2) is 5.33. The summed E-state index contributed by atoms with van der Waals surface area (Å²) in [5.74, 6) is 0. The van der Waals surface area contributed by atoms with Crippen molar-refractivity contribution in [3.05, 3.63) is 11.1 Å². The van der Waals surface area contributed by atoms with Gasteiger partial charge in [-0.05, 0) is 39.3 Å². The molecule has 0 aromatic carbocycles. The minimum atomic E-state index is 0.864. The maximum absolute atomic E-state index is 5.05. The Morgan fingerprint density at radius 2 is 2.08 bits per heavy atom. The van der Waals surface area contributed by atoms with E-state index in [1.54, 1.807) is 18.3 Å². The van der Waals surface area contributed by atoms with Crippen molar-refractivity contribution in [2.75, 3.05) is 26.8 Å². The molecule has 0 radical (unpaired) electrons. The van der Waals surface area contributed by atoms with Crippen molar-refractivity contribution in [3.8, 4) is 0 Å². The van der Waals surface area contributed by atoms with Crippen LogP contribution in [-0.2, 0) is 4.74 Å². The lowest BCUT2D eigenvalue weighted by molar-refractivity contribution is 0.202. The fraction of sp³-hybridized carbons (Fsp3) is 0.800. The molecule has 2 nitrogen and oxygen atoms in total. The van der Waals surface area contributed by atoms with Crippen LogP contribution in [0.5, 0.6) is 0 Å². The van der Waals surface area contributed by atoms with E-state index in [9.17, 15) is 0 Å². The van der Waals surface area contributed by atoms with Gasteiger partial charge in [-0.3, -0.25) is 0 Å². The topological polar surface area (TPSA) is 21.3 Å². The first-order valence-corrected chi connectivity index (χ1v) is 4.71. The largest absolute Gasteiger partial charge is 0.384 e. The van der Waals surface area contributed by atoms with Gasteiger partial charge in [0.15, 0.2) is 0 Å². The molecule has 70 valence electrons. The fourth-order valence-electron chi connectivity index (χ4n) is 1.59. The summed E-state index contributed by atoms with van der Waals surface area (Å²) in [4.78, 5) is 0. The Bertz CT molecular complexity index is 155. The highest BCUT2D eigenvalue weighted by molar-refractivity contribution is 5.14. The molecule has 0 spiro atoms. The maximum atomic E-state index is 5.05. The van der Waals surface area contributed by atoms with Gasteiger partial charge < -0.3 is 10.1 Å². The van der Waals surface area contributed by atoms with Gasteiger partial charge in [-0.25, -0.2) is 0 Å². The van der Waals surface area contributed by atoms with Gasteiger partial charge in [0.25, 0.3) is 0 Å². The number of hydrogen-bond donors (Lipinski definition) is 1. The van der Waals surface area contributed by atoms with E-state index in [0.29, 0.717) is 0 Å². The average molecular weight is 169 g/mol. The van der Waals surface area contributed by atoms with Gasteiger partial charge in [-0.1, -0.05) is 11.1 Å². The molecule has 0 aliphatic carbocycles. The highest BCUT2D eigenvalue weighted by Crippen LogP contribution is 2.17. The predicted octanol–water partition coefficient (Wildman–Crippen LogP) is 1.72. The summed E-state index contributed by atoms with van der Waals surface area (Å²) in [6.07, 6.45) is 3.57. The molecule has 0 amide bonds. The van der Waals surface area contributed by atoms with Crippen LogP contribution in [0.3, 0.4) is 0 Å². The Balaban J connectivity index is 2.37. The Labute approximate surface area is 75.0 Å². The number of methoxy groups -OCH3 is 1. The number of ether oxygens (including phenoxy) is 1. The first-order valence-electron chi connectivity index (χ1n) is 4.71. The molecule has 0 aromatic rings. The smallest absolute Gasteiger partial charge is 0.0499 e. The van der Waals surface area contributed by atoms with E-state index in [-0.39, 0.29) is 0 Å². The van der Waals surface area contributed by atoms with Gasteiger partial charge in [-0.15, -0.1) is 0 Å². The minimum absolute atomic E-state index is 0.864. The van der Waals surface area contributed by atoms with Crippen molar-refractivity contribution in [1.29, 1.82) is 0 Å². The van der Waals surface area contributed by atoms with Gasteiger partial charge in [-0.2, -0.15) is 0 Å². The molecule has 0 bridgehead atoms. The lowest BCUT2D eigenvalue weighted by Gasteiger charge is -2.18. The number of nitrogens with one attached hydrogen (secondary N) is 1. The van der Waals surface area contributed by atoms with Crippen LogP contribution in [0.1, 0.15) is 26.2 Å². The number of rotatable bonds is 3. The average Bonchev–Trinajstić information content (AvgIpc) is 2.15. The van der Waals surface area contributed by atoms with E-state index in [1.807, 2.05) is 0 Å². The molecule has 2 heteroatoms. The molecule has 0 aromatic heterocycles. The molecular formula is C10H19NO. The number of hydrogen-bond acceptors (Lipinski definition) is 2. The summed E-state index contributed by atoms with van der Waals surface area (Å²) in [7, 11) is 1.76. The van der Waals surface area contributed by atoms with E-state index in [2.05, 4.69) is 12.2 Å². The monoisotopic (exact) mass is 169 g/mol. The lowest BCUT2D eigenvalue weighted by atomic mass is 9.98. The molecule has 0 saturated carbocycles. The van der Waals surface area contributed by atoms with Gasteiger partial charge in [0.2, 0.25) is 0 Å². The maximum Gasteiger partial charge on any atom is 0.0499 e. The van der Waals surface area contributed by atoms with Gasteiger partial charge >= 0.3 is 0 Å². The molecule has 1 fully saturated rings. The van der Waals surface area contributed by atoms with Crippen LogP contribution in [0.15, 0.2) is 11.1 Å². The standard InChI is InChI=1S/C10H19NO/c1-9(5-8-12-2)10-3-6-11-7-4-10/h11H,3-8H2,1-2H3. The van der Waals surface area contributed by atoms with Crippen LogP contribution < -0.4 is 5.32 Å². The third-order valence-corrected chi connectivity index (χ3v) is 2.49. The molecule has 12 heavy (non-hydrogen) atoms. The van der Waals surface area contributed by atoms with Crippen LogP contribution in [0.4, 0.5) is 0 Å². The van der Waals surface area contributed by atoms with Crippen LogP contribution >= 0.6 is 0 Å². The molecule has 0 unspecified atom stereocenters. The van der Waals surface area contributed by atoms with Crippen molar-refractivity contribution in [2.45, 2.75) is 26.2 Å². The van der Waals surface area contributed by atoms with E-state index >= 15 is 0 Å². The number of piperidine rings is 1. The summed E-state index contributed by atoms with van der Waals surface area (Å²) in [5, 5.41) is 3.36. The summed E-state index contributed by atoms with van der Waals surface area (Å²) < 4.78 is 5.05. The highest BCUT2D eigenvalue weighted by atomic mass is 16.5. The first kappa shape index (κ1) is 9.75. The highest BCUT2D eigenvalue weighted by Gasteiger charge is 2.06. The van der Waals surface area contributed by atoms with E-state index in [0.717, 1.165) is 26.1 Å². The van der Waals surface area contributed by atoms with Crippen LogP contribution in [-0.4, -0.2) is 26.8 Å². The fourth-order valence-corrected chi connectivity index (χ4v) is 1.59. The third-order valence-electron chi connectivity index (χ3n) is 2.49. The first-order chi connectivity index (χ1) is 5.84. The van der Waals surface area contributed by atoms with Crippen LogP contribution in [0, 0.1) is 0 Å².